The lowest BCUT2D eigenvalue weighted by Crippen LogP contribution is -2.00. The summed E-state index contributed by atoms with van der Waals surface area (Å²) in [6.07, 6.45) is 3.71. The molecule has 1 N–H and O–H groups in total. The lowest BCUT2D eigenvalue weighted by atomic mass is 10.2. The number of hydrogen-bond donors (Lipinski definition) is 1. The molecule has 0 saturated heterocycles. The van der Waals surface area contributed by atoms with Gasteiger partial charge >= 0.3 is 0 Å². The number of anilines is 1. The molecule has 1 heterocycles. The lowest BCUT2D eigenvalue weighted by Gasteiger charge is -2.08. The summed E-state index contributed by atoms with van der Waals surface area (Å²) >= 11 is 3.44. The van der Waals surface area contributed by atoms with Gasteiger partial charge in [-0.1, -0.05) is 28.1 Å². The Morgan fingerprint density at radius 2 is 1.75 bits per heavy atom. The first kappa shape index (κ1) is 12.9. The Labute approximate surface area is 126 Å². The smallest absolute Gasteiger partial charge is 0.0647 e. The second-order valence-electron chi connectivity index (χ2n) is 4.48. The zero-order valence-electron chi connectivity index (χ0n) is 10.8. The molecule has 4 heteroatoms. The normalized spacial score (nSPS) is 10.4. The molecule has 1 aromatic heterocycles. The van der Waals surface area contributed by atoms with E-state index in [1.807, 2.05) is 16.9 Å². The van der Waals surface area contributed by atoms with Crippen LogP contribution in [0.15, 0.2) is 71.5 Å². The van der Waals surface area contributed by atoms with Gasteiger partial charge in [0.1, 0.15) is 0 Å². The minimum Gasteiger partial charge on any atom is -0.381 e. The van der Waals surface area contributed by atoms with Crippen molar-refractivity contribution < 1.29 is 0 Å². The van der Waals surface area contributed by atoms with Crippen molar-refractivity contribution >= 4 is 21.6 Å². The first-order valence-corrected chi connectivity index (χ1v) is 7.19. The molecule has 0 aliphatic rings. The summed E-state index contributed by atoms with van der Waals surface area (Å²) in [5.74, 6) is 0. The number of nitrogens with one attached hydrogen (secondary N) is 1. The Bertz CT molecular complexity index is 658. The van der Waals surface area contributed by atoms with E-state index >= 15 is 0 Å². The molecule has 0 fully saturated rings. The Hall–Kier alpha value is -2.07. The summed E-state index contributed by atoms with van der Waals surface area (Å²) in [6.45, 7) is 0.814. The number of halogens is 1. The second kappa shape index (κ2) is 5.92. The van der Waals surface area contributed by atoms with Crippen molar-refractivity contribution in [1.82, 2.24) is 9.78 Å². The average Bonchev–Trinajstić information content (AvgIpc) is 3.01. The average molecular weight is 328 g/mol. The maximum absolute atomic E-state index is 4.21. The van der Waals surface area contributed by atoms with Crippen LogP contribution < -0.4 is 5.32 Å². The quantitative estimate of drug-likeness (QED) is 0.776. The molecule has 0 radical (unpaired) electrons. The van der Waals surface area contributed by atoms with Crippen molar-refractivity contribution in [1.29, 1.82) is 0 Å². The predicted octanol–water partition coefficient (Wildman–Crippen LogP) is 4.25. The largest absolute Gasteiger partial charge is 0.381 e. The molecule has 0 aliphatic heterocycles. The number of hydrogen-bond acceptors (Lipinski definition) is 2. The van der Waals surface area contributed by atoms with Gasteiger partial charge in [0.25, 0.3) is 0 Å². The number of nitrogens with zero attached hydrogens (tertiary/aromatic N) is 2. The van der Waals surface area contributed by atoms with Crippen LogP contribution in [0.2, 0.25) is 0 Å². The molecule has 3 nitrogen and oxygen atoms in total. The maximum atomic E-state index is 4.21. The Kier molecular flexibility index (Phi) is 3.83. The molecular formula is C16H14BrN3. The standard InChI is InChI=1S/C16H14BrN3/c17-14-4-2-13(3-5-14)12-18-15-6-8-16(9-7-15)20-11-1-10-19-20/h1-11,18H,12H2. The van der Waals surface area contributed by atoms with E-state index in [1.54, 1.807) is 6.20 Å². The monoisotopic (exact) mass is 327 g/mol. The van der Waals surface area contributed by atoms with Crippen molar-refractivity contribution in [3.8, 4) is 5.69 Å². The Balaban J connectivity index is 1.65. The van der Waals surface area contributed by atoms with Crippen LogP contribution in [-0.2, 0) is 6.54 Å². The van der Waals surface area contributed by atoms with Crippen LogP contribution in [0.3, 0.4) is 0 Å². The van der Waals surface area contributed by atoms with Gasteiger partial charge in [-0.15, -0.1) is 0 Å². The van der Waals surface area contributed by atoms with Crippen molar-refractivity contribution in [2.75, 3.05) is 5.32 Å². The lowest BCUT2D eigenvalue weighted by molar-refractivity contribution is 0.880. The van der Waals surface area contributed by atoms with Gasteiger partial charge in [-0.05, 0) is 48.0 Å². The molecule has 3 rings (SSSR count). The fourth-order valence-corrected chi connectivity index (χ4v) is 2.22. The van der Waals surface area contributed by atoms with E-state index in [0.29, 0.717) is 0 Å². The van der Waals surface area contributed by atoms with Gasteiger partial charge in [-0.3, -0.25) is 0 Å². The molecule has 0 unspecified atom stereocenters. The summed E-state index contributed by atoms with van der Waals surface area (Å²) < 4.78 is 2.95. The van der Waals surface area contributed by atoms with Crippen LogP contribution in [0.4, 0.5) is 5.69 Å². The molecule has 100 valence electrons. The zero-order valence-corrected chi connectivity index (χ0v) is 12.4. The highest BCUT2D eigenvalue weighted by molar-refractivity contribution is 9.10. The third-order valence-corrected chi connectivity index (χ3v) is 3.57. The molecule has 0 aliphatic carbocycles. The van der Waals surface area contributed by atoms with Gasteiger partial charge in [0, 0.05) is 29.1 Å². The first-order valence-electron chi connectivity index (χ1n) is 6.40. The summed E-state index contributed by atoms with van der Waals surface area (Å²) in [7, 11) is 0. The van der Waals surface area contributed by atoms with E-state index in [4.69, 9.17) is 0 Å². The third-order valence-electron chi connectivity index (χ3n) is 3.05. The fraction of sp³-hybridized carbons (Fsp3) is 0.0625. The van der Waals surface area contributed by atoms with Crippen molar-refractivity contribution in [2.24, 2.45) is 0 Å². The van der Waals surface area contributed by atoms with E-state index in [2.05, 4.69) is 74.9 Å². The minimum absolute atomic E-state index is 0.814. The molecule has 0 atom stereocenters. The minimum atomic E-state index is 0.814. The molecule has 20 heavy (non-hydrogen) atoms. The van der Waals surface area contributed by atoms with E-state index < -0.39 is 0 Å². The number of benzene rings is 2. The third kappa shape index (κ3) is 3.08. The Morgan fingerprint density at radius 3 is 2.40 bits per heavy atom. The van der Waals surface area contributed by atoms with E-state index in [9.17, 15) is 0 Å². The van der Waals surface area contributed by atoms with Gasteiger partial charge in [0.15, 0.2) is 0 Å². The number of rotatable bonds is 4. The van der Waals surface area contributed by atoms with Gasteiger partial charge in [-0.2, -0.15) is 5.10 Å². The van der Waals surface area contributed by atoms with Gasteiger partial charge in [0.05, 0.1) is 5.69 Å². The topological polar surface area (TPSA) is 29.9 Å². The highest BCUT2D eigenvalue weighted by Crippen LogP contribution is 2.15. The molecule has 0 amide bonds. The maximum Gasteiger partial charge on any atom is 0.0647 e. The fourth-order valence-electron chi connectivity index (χ4n) is 1.96. The molecule has 3 aromatic rings. The van der Waals surface area contributed by atoms with Crippen molar-refractivity contribution in [2.45, 2.75) is 6.54 Å². The SMILES string of the molecule is Brc1ccc(CNc2ccc(-n3cccn3)cc2)cc1. The highest BCUT2D eigenvalue weighted by Gasteiger charge is 1.97. The van der Waals surface area contributed by atoms with Crippen molar-refractivity contribution in [3.05, 3.63) is 77.0 Å². The van der Waals surface area contributed by atoms with Gasteiger partial charge in [0.2, 0.25) is 0 Å². The molecular weight excluding hydrogens is 314 g/mol. The molecule has 2 aromatic carbocycles. The summed E-state index contributed by atoms with van der Waals surface area (Å²) in [5, 5.41) is 7.62. The van der Waals surface area contributed by atoms with E-state index in [-0.39, 0.29) is 0 Å². The predicted molar refractivity (Wildman–Crippen MR) is 85.0 cm³/mol. The Morgan fingerprint density at radius 1 is 1.00 bits per heavy atom. The van der Waals surface area contributed by atoms with E-state index in [0.717, 1.165) is 22.4 Å². The van der Waals surface area contributed by atoms with Crippen molar-refractivity contribution in [3.63, 3.8) is 0 Å². The van der Waals surface area contributed by atoms with Crippen LogP contribution in [-0.4, -0.2) is 9.78 Å². The van der Waals surface area contributed by atoms with Crippen LogP contribution in [0, 0.1) is 0 Å². The number of aromatic nitrogens is 2. The first-order chi connectivity index (χ1) is 9.81. The van der Waals surface area contributed by atoms with Gasteiger partial charge in [-0.25, -0.2) is 4.68 Å². The van der Waals surface area contributed by atoms with Crippen LogP contribution >= 0.6 is 15.9 Å². The zero-order chi connectivity index (χ0) is 13.8. The molecule has 0 spiro atoms. The molecule has 0 saturated carbocycles. The summed E-state index contributed by atoms with van der Waals surface area (Å²) in [5.41, 5.74) is 3.41. The van der Waals surface area contributed by atoms with Crippen LogP contribution in [0.5, 0.6) is 0 Å². The summed E-state index contributed by atoms with van der Waals surface area (Å²) in [6, 6.07) is 18.5. The van der Waals surface area contributed by atoms with Gasteiger partial charge < -0.3 is 5.32 Å². The van der Waals surface area contributed by atoms with Crippen LogP contribution in [0.25, 0.3) is 5.69 Å². The summed E-state index contributed by atoms with van der Waals surface area (Å²) in [4.78, 5) is 0. The van der Waals surface area contributed by atoms with E-state index in [1.165, 1.54) is 5.56 Å². The highest BCUT2D eigenvalue weighted by atomic mass is 79.9. The second-order valence-corrected chi connectivity index (χ2v) is 5.39. The molecule has 0 bridgehead atoms. The van der Waals surface area contributed by atoms with Crippen LogP contribution in [0.1, 0.15) is 5.56 Å².